The number of nitrogens with zero attached hydrogens (tertiary/aromatic N) is 4. The quantitative estimate of drug-likeness (QED) is 0.280. The number of hydrogen-bond acceptors (Lipinski definition) is 8. The molecule has 0 N–H and O–H groups in total. The molecule has 0 saturated carbocycles. The van der Waals surface area contributed by atoms with Crippen LogP contribution in [0.4, 0.5) is 5.69 Å². The molecule has 0 fully saturated rings. The molecule has 2 aromatic carbocycles. The van der Waals surface area contributed by atoms with Crippen LogP contribution in [0, 0.1) is 0 Å². The summed E-state index contributed by atoms with van der Waals surface area (Å²) in [6.45, 7) is 4.00. The van der Waals surface area contributed by atoms with E-state index in [1.807, 2.05) is 37.3 Å². The van der Waals surface area contributed by atoms with Crippen LogP contribution in [0.2, 0.25) is 0 Å². The molecule has 2 aliphatic rings. The number of carbonyl (C=O) groups is 1. The Hall–Kier alpha value is -3.53. The maximum atomic E-state index is 13.4. The summed E-state index contributed by atoms with van der Waals surface area (Å²) in [5, 5.41) is 18.5. The third-order valence-electron chi connectivity index (χ3n) is 6.00. The third kappa shape index (κ3) is 4.01. The summed E-state index contributed by atoms with van der Waals surface area (Å²) in [7, 11) is 1.55. The summed E-state index contributed by atoms with van der Waals surface area (Å²) in [6.07, 6.45) is 1.55. The molecular weight excluding hydrogens is 468 g/mol. The Bertz CT molecular complexity index is 1280. The normalized spacial score (nSPS) is 15.5. The third-order valence-corrected chi connectivity index (χ3v) is 6.92. The fraction of sp³-hybridized carbons (Fsp3) is 0.360. The summed E-state index contributed by atoms with van der Waals surface area (Å²) in [4.78, 5) is 19.3. The lowest BCUT2D eigenvalue weighted by Crippen LogP contribution is -2.59. The summed E-state index contributed by atoms with van der Waals surface area (Å²) in [5.74, 6) is 1.81. The second-order valence-electron chi connectivity index (χ2n) is 8.16. The minimum absolute atomic E-state index is 0.0784. The van der Waals surface area contributed by atoms with E-state index < -0.39 is 6.17 Å². The number of aromatic nitrogens is 3. The first-order valence-electron chi connectivity index (χ1n) is 11.6. The van der Waals surface area contributed by atoms with Crippen LogP contribution in [0.25, 0.3) is 11.3 Å². The zero-order chi connectivity index (χ0) is 24.5. The lowest BCUT2D eigenvalue weighted by molar-refractivity contribution is -0.764. The SMILES string of the molecule is CCCCSc1nc([O-])c2[n+](n1)C(c1cc(OC)c3c(c1)OCO3)N(C(=O)CC)c1ccccc1-2. The molecule has 182 valence electrons. The summed E-state index contributed by atoms with van der Waals surface area (Å²) >= 11 is 1.44. The summed E-state index contributed by atoms with van der Waals surface area (Å²) in [6, 6.07) is 11.0. The molecule has 0 spiro atoms. The van der Waals surface area contributed by atoms with Crippen LogP contribution in [0.15, 0.2) is 41.6 Å². The van der Waals surface area contributed by atoms with Gasteiger partial charge in [0.05, 0.1) is 29.8 Å². The first kappa shape index (κ1) is 23.2. The molecule has 1 atom stereocenters. The molecule has 3 heterocycles. The van der Waals surface area contributed by atoms with Gasteiger partial charge in [-0.3, -0.25) is 4.79 Å². The number of fused-ring (bicyclic) bond motifs is 4. The molecule has 5 rings (SSSR count). The van der Waals surface area contributed by atoms with Crippen molar-refractivity contribution in [3.8, 4) is 34.4 Å². The second-order valence-corrected chi connectivity index (χ2v) is 9.22. The number of anilines is 1. The molecule has 1 amide bonds. The topological polar surface area (TPSA) is 101 Å². The summed E-state index contributed by atoms with van der Waals surface area (Å²) < 4.78 is 18.4. The van der Waals surface area contributed by atoms with E-state index in [2.05, 4.69) is 11.9 Å². The van der Waals surface area contributed by atoms with Crippen molar-refractivity contribution in [2.75, 3.05) is 24.6 Å². The molecule has 0 aliphatic carbocycles. The van der Waals surface area contributed by atoms with E-state index in [1.54, 1.807) is 22.8 Å². The number of unbranched alkanes of at least 4 members (excludes halogenated alkanes) is 1. The fourth-order valence-corrected chi connectivity index (χ4v) is 5.25. The van der Waals surface area contributed by atoms with E-state index in [0.717, 1.165) is 18.6 Å². The molecular formula is C25H26N4O5S. The van der Waals surface area contributed by atoms with Gasteiger partial charge in [-0.1, -0.05) is 48.8 Å². The Kier molecular flexibility index (Phi) is 6.38. The fourth-order valence-electron chi connectivity index (χ4n) is 4.34. The predicted molar refractivity (Wildman–Crippen MR) is 128 cm³/mol. The Morgan fingerprint density at radius 1 is 1.29 bits per heavy atom. The van der Waals surface area contributed by atoms with Crippen LogP contribution in [0.5, 0.6) is 23.1 Å². The first-order valence-corrected chi connectivity index (χ1v) is 12.6. The highest BCUT2D eigenvalue weighted by atomic mass is 32.2. The predicted octanol–water partition coefficient (Wildman–Crippen LogP) is 3.44. The first-order chi connectivity index (χ1) is 17.1. The van der Waals surface area contributed by atoms with Gasteiger partial charge >= 0.3 is 0 Å². The van der Waals surface area contributed by atoms with Crippen molar-refractivity contribution in [2.24, 2.45) is 0 Å². The van der Waals surface area contributed by atoms with Crippen LogP contribution in [0.1, 0.15) is 44.8 Å². The van der Waals surface area contributed by atoms with Crippen molar-refractivity contribution in [3.05, 3.63) is 42.0 Å². The van der Waals surface area contributed by atoms with Gasteiger partial charge in [0.1, 0.15) is 0 Å². The van der Waals surface area contributed by atoms with Gasteiger partial charge in [0.25, 0.3) is 17.0 Å². The van der Waals surface area contributed by atoms with Gasteiger partial charge in [-0.2, -0.15) is 0 Å². The molecule has 1 unspecified atom stereocenters. The molecule has 3 aromatic rings. The van der Waals surface area contributed by atoms with Crippen molar-refractivity contribution in [1.29, 1.82) is 0 Å². The van der Waals surface area contributed by atoms with E-state index in [0.29, 0.717) is 44.9 Å². The van der Waals surface area contributed by atoms with Gasteiger partial charge < -0.3 is 19.3 Å². The monoisotopic (exact) mass is 494 g/mol. The van der Waals surface area contributed by atoms with Crippen molar-refractivity contribution < 1.29 is 28.8 Å². The highest BCUT2D eigenvalue weighted by Crippen LogP contribution is 2.46. The molecule has 2 aliphatic heterocycles. The lowest BCUT2D eigenvalue weighted by atomic mass is 10.0. The maximum absolute atomic E-state index is 13.4. The second kappa shape index (κ2) is 9.61. The van der Waals surface area contributed by atoms with Crippen LogP contribution >= 0.6 is 11.8 Å². The Balaban J connectivity index is 1.76. The molecule has 0 bridgehead atoms. The number of amides is 1. The minimum atomic E-state index is -0.739. The Morgan fingerprint density at radius 2 is 2.11 bits per heavy atom. The highest BCUT2D eigenvalue weighted by molar-refractivity contribution is 7.99. The zero-order valence-corrected chi connectivity index (χ0v) is 20.6. The van der Waals surface area contributed by atoms with Crippen molar-refractivity contribution in [3.63, 3.8) is 0 Å². The van der Waals surface area contributed by atoms with E-state index in [4.69, 9.17) is 19.3 Å². The van der Waals surface area contributed by atoms with E-state index >= 15 is 0 Å². The molecule has 35 heavy (non-hydrogen) atoms. The van der Waals surface area contributed by atoms with Crippen molar-refractivity contribution >= 4 is 23.4 Å². The number of para-hydroxylation sites is 1. The van der Waals surface area contributed by atoms with Crippen molar-refractivity contribution in [1.82, 2.24) is 10.1 Å². The van der Waals surface area contributed by atoms with E-state index in [-0.39, 0.29) is 25.0 Å². The highest BCUT2D eigenvalue weighted by Gasteiger charge is 2.45. The molecule has 0 saturated heterocycles. The molecule has 10 heteroatoms. The smallest absolute Gasteiger partial charge is 0.293 e. The Labute approximate surface area is 207 Å². The zero-order valence-electron chi connectivity index (χ0n) is 19.8. The van der Waals surface area contributed by atoms with E-state index in [1.165, 1.54) is 11.8 Å². The average molecular weight is 495 g/mol. The van der Waals surface area contributed by atoms with Gasteiger partial charge in [0, 0.05) is 17.3 Å². The number of benzene rings is 2. The van der Waals surface area contributed by atoms with Gasteiger partial charge in [-0.25, -0.2) is 9.88 Å². The largest absolute Gasteiger partial charge is 0.854 e. The number of hydrogen-bond donors (Lipinski definition) is 0. The Morgan fingerprint density at radius 3 is 2.89 bits per heavy atom. The minimum Gasteiger partial charge on any atom is -0.854 e. The van der Waals surface area contributed by atoms with Gasteiger partial charge in [-0.15, -0.1) is 0 Å². The molecule has 9 nitrogen and oxygen atoms in total. The number of ether oxygens (including phenoxy) is 3. The van der Waals surface area contributed by atoms with Crippen LogP contribution < -0.4 is 28.9 Å². The number of methoxy groups -OCH3 is 1. The standard InChI is InChI=1S/C25H26N4O5S/c1-4-6-11-35-25-26-23(31)21-16-9-7-8-10-17(16)28(20(30)5-2)24(29(21)27-25)15-12-18(32-3)22-19(13-15)33-14-34-22/h7-10,12-13,24H,4-6,11,14H2,1-3H3. The number of thioether (sulfide) groups is 1. The maximum Gasteiger partial charge on any atom is 0.293 e. The van der Waals surface area contributed by atoms with Crippen LogP contribution in [-0.4, -0.2) is 35.6 Å². The number of rotatable bonds is 7. The number of carbonyl (C=O) groups excluding carboxylic acids is 1. The summed E-state index contributed by atoms with van der Waals surface area (Å²) in [5.41, 5.74) is 2.26. The van der Waals surface area contributed by atoms with Gasteiger partial charge in [-0.05, 0) is 30.7 Å². The molecule has 0 radical (unpaired) electrons. The molecule has 1 aromatic heterocycles. The lowest BCUT2D eigenvalue weighted by Gasteiger charge is -2.33. The van der Waals surface area contributed by atoms with E-state index in [9.17, 15) is 9.90 Å². The van der Waals surface area contributed by atoms with Gasteiger partial charge in [0.2, 0.25) is 18.4 Å². The van der Waals surface area contributed by atoms with Gasteiger partial charge in [0.15, 0.2) is 11.5 Å². The van der Waals surface area contributed by atoms with Crippen molar-refractivity contribution in [2.45, 2.75) is 44.4 Å². The van der Waals surface area contributed by atoms with Crippen LogP contribution in [-0.2, 0) is 4.79 Å². The van der Waals surface area contributed by atoms with Crippen LogP contribution in [0.3, 0.4) is 0 Å². The average Bonchev–Trinajstić information content (AvgIpc) is 3.35.